The fraction of sp³-hybridized carbons (Fsp3) is 0.833. The smallest absolute Gasteiger partial charge is 0.0627 e. The van der Waals surface area contributed by atoms with Gasteiger partial charge in [0.1, 0.15) is 0 Å². The minimum atomic E-state index is 0.678. The lowest BCUT2D eigenvalue weighted by Crippen LogP contribution is -2.32. The van der Waals surface area contributed by atoms with Crippen molar-refractivity contribution in [3.05, 3.63) is 18.0 Å². The molecule has 1 aromatic rings. The van der Waals surface area contributed by atoms with E-state index in [9.17, 15) is 0 Å². The van der Waals surface area contributed by atoms with Crippen molar-refractivity contribution in [2.24, 2.45) is 17.8 Å². The highest BCUT2D eigenvalue weighted by Crippen LogP contribution is 2.35. The van der Waals surface area contributed by atoms with E-state index < -0.39 is 0 Å². The Hall–Kier alpha value is -0.830. The van der Waals surface area contributed by atoms with Gasteiger partial charge >= 0.3 is 0 Å². The molecule has 0 spiro atoms. The first-order chi connectivity index (χ1) is 10.3. The van der Waals surface area contributed by atoms with Gasteiger partial charge in [0.2, 0.25) is 0 Å². The third kappa shape index (κ3) is 3.68. The molecule has 0 radical (unpaired) electrons. The molecule has 2 aliphatic carbocycles. The molecule has 0 bridgehead atoms. The van der Waals surface area contributed by atoms with Crippen molar-refractivity contribution in [1.29, 1.82) is 0 Å². The van der Waals surface area contributed by atoms with Crippen LogP contribution < -0.4 is 5.32 Å². The minimum absolute atomic E-state index is 0.678. The molecule has 0 amide bonds. The number of nitrogens with one attached hydrogen (secondary N) is 1. The summed E-state index contributed by atoms with van der Waals surface area (Å²) in [5.41, 5.74) is 1.32. The van der Waals surface area contributed by atoms with Gasteiger partial charge in [0.15, 0.2) is 0 Å². The topological polar surface area (TPSA) is 29.9 Å². The zero-order chi connectivity index (χ0) is 14.7. The van der Waals surface area contributed by atoms with Gasteiger partial charge in [-0.05, 0) is 69.5 Å². The second-order valence-electron chi connectivity index (χ2n) is 7.43. The Bertz CT molecular complexity index is 433. The Morgan fingerprint density at radius 3 is 2.76 bits per heavy atom. The summed E-state index contributed by atoms with van der Waals surface area (Å²) in [7, 11) is 2.09. The van der Waals surface area contributed by atoms with E-state index in [4.69, 9.17) is 5.10 Å². The Morgan fingerprint density at radius 1 is 1.19 bits per heavy atom. The van der Waals surface area contributed by atoms with E-state index in [1.807, 2.05) is 0 Å². The summed E-state index contributed by atoms with van der Waals surface area (Å²) in [5.74, 6) is 2.54. The summed E-state index contributed by atoms with van der Waals surface area (Å²) in [4.78, 5) is 0. The van der Waals surface area contributed by atoms with E-state index in [0.29, 0.717) is 6.04 Å². The van der Waals surface area contributed by atoms with Crippen LogP contribution in [0.5, 0.6) is 0 Å². The zero-order valence-electron chi connectivity index (χ0n) is 13.7. The molecule has 3 unspecified atom stereocenters. The van der Waals surface area contributed by atoms with Gasteiger partial charge < -0.3 is 5.32 Å². The molecule has 3 heteroatoms. The number of nitrogens with zero attached hydrogens (tertiary/aromatic N) is 2. The van der Waals surface area contributed by atoms with Crippen molar-refractivity contribution in [1.82, 2.24) is 15.1 Å². The molecule has 0 aliphatic heterocycles. The summed E-state index contributed by atoms with van der Waals surface area (Å²) in [5, 5.41) is 8.29. The lowest BCUT2D eigenvalue weighted by molar-refractivity contribution is 0.184. The van der Waals surface area contributed by atoms with Crippen LogP contribution in [0, 0.1) is 17.8 Å². The Balaban J connectivity index is 1.63. The summed E-state index contributed by atoms with van der Waals surface area (Å²) >= 11 is 0. The molecule has 2 saturated carbocycles. The molecule has 0 aromatic carbocycles. The van der Waals surface area contributed by atoms with Gasteiger partial charge in [-0.15, -0.1) is 0 Å². The predicted molar refractivity (Wildman–Crippen MR) is 87.4 cm³/mol. The fourth-order valence-electron chi connectivity index (χ4n) is 4.47. The number of hydrogen-bond donors (Lipinski definition) is 1. The highest BCUT2D eigenvalue weighted by Gasteiger charge is 2.29. The Morgan fingerprint density at radius 2 is 2.00 bits per heavy atom. The third-order valence-electron chi connectivity index (χ3n) is 5.70. The molecule has 118 valence electrons. The molecule has 2 aliphatic rings. The Labute approximate surface area is 129 Å². The lowest BCUT2D eigenvalue weighted by atomic mass is 9.73. The van der Waals surface area contributed by atoms with Crippen molar-refractivity contribution >= 4 is 0 Å². The number of aromatic nitrogens is 2. The molecular weight excluding hydrogens is 258 g/mol. The van der Waals surface area contributed by atoms with E-state index in [1.54, 1.807) is 0 Å². The highest BCUT2D eigenvalue weighted by atomic mass is 15.3. The van der Waals surface area contributed by atoms with E-state index in [0.717, 1.165) is 17.8 Å². The first kappa shape index (κ1) is 15.1. The fourth-order valence-corrected chi connectivity index (χ4v) is 4.47. The van der Waals surface area contributed by atoms with Gasteiger partial charge in [-0.1, -0.05) is 26.2 Å². The first-order valence-corrected chi connectivity index (χ1v) is 8.95. The van der Waals surface area contributed by atoms with Crippen LogP contribution in [0.15, 0.2) is 12.3 Å². The van der Waals surface area contributed by atoms with Crippen LogP contribution in [0.1, 0.15) is 63.6 Å². The summed E-state index contributed by atoms with van der Waals surface area (Å²) in [6, 6.07) is 2.95. The van der Waals surface area contributed by atoms with Crippen LogP contribution in [-0.4, -0.2) is 23.4 Å². The molecule has 0 saturated heterocycles. The van der Waals surface area contributed by atoms with Crippen LogP contribution in [0.2, 0.25) is 0 Å². The van der Waals surface area contributed by atoms with Crippen LogP contribution in [-0.2, 0) is 6.42 Å². The van der Waals surface area contributed by atoms with E-state index in [2.05, 4.69) is 36.2 Å². The van der Waals surface area contributed by atoms with Gasteiger partial charge in [0.05, 0.1) is 11.7 Å². The molecule has 21 heavy (non-hydrogen) atoms. The van der Waals surface area contributed by atoms with Gasteiger partial charge in [0.25, 0.3) is 0 Å². The summed E-state index contributed by atoms with van der Waals surface area (Å²) in [6.45, 7) is 3.58. The highest BCUT2D eigenvalue weighted by molar-refractivity contribution is 5.03. The van der Waals surface area contributed by atoms with E-state index >= 15 is 0 Å². The van der Waals surface area contributed by atoms with E-state index in [-0.39, 0.29) is 0 Å². The van der Waals surface area contributed by atoms with Crippen LogP contribution in [0.3, 0.4) is 0 Å². The SMILES string of the molecule is CNCC1CCC(C)CC1Cc1ccn(C2CCCC2)n1. The molecule has 1 aromatic heterocycles. The maximum absolute atomic E-state index is 4.90. The van der Waals surface area contributed by atoms with Crippen molar-refractivity contribution in [3.63, 3.8) is 0 Å². The van der Waals surface area contributed by atoms with Crippen LogP contribution in [0.25, 0.3) is 0 Å². The van der Waals surface area contributed by atoms with Crippen LogP contribution >= 0.6 is 0 Å². The molecule has 2 fully saturated rings. The predicted octanol–water partition coefficient (Wildman–Crippen LogP) is 3.81. The zero-order valence-corrected chi connectivity index (χ0v) is 13.7. The normalized spacial score (nSPS) is 30.9. The molecule has 1 heterocycles. The monoisotopic (exact) mass is 289 g/mol. The second-order valence-corrected chi connectivity index (χ2v) is 7.43. The van der Waals surface area contributed by atoms with E-state index in [1.165, 1.54) is 63.6 Å². The standard InChI is InChI=1S/C18H31N3/c1-14-7-8-15(13-19-2)16(11-14)12-17-9-10-21(20-17)18-5-3-4-6-18/h9-10,14-16,18-19H,3-8,11-13H2,1-2H3. The minimum Gasteiger partial charge on any atom is -0.319 e. The van der Waals surface area contributed by atoms with Gasteiger partial charge in [-0.3, -0.25) is 4.68 Å². The molecule has 3 atom stereocenters. The van der Waals surface area contributed by atoms with Crippen molar-refractivity contribution in [3.8, 4) is 0 Å². The number of rotatable bonds is 5. The van der Waals surface area contributed by atoms with Gasteiger partial charge in [-0.25, -0.2) is 0 Å². The van der Waals surface area contributed by atoms with Crippen molar-refractivity contribution < 1.29 is 0 Å². The van der Waals surface area contributed by atoms with Crippen LogP contribution in [0.4, 0.5) is 0 Å². The maximum atomic E-state index is 4.90. The average molecular weight is 289 g/mol. The number of hydrogen-bond acceptors (Lipinski definition) is 2. The average Bonchev–Trinajstić information content (AvgIpc) is 3.12. The molecule has 3 rings (SSSR count). The summed E-state index contributed by atoms with van der Waals surface area (Å²) in [6.07, 6.45) is 13.0. The van der Waals surface area contributed by atoms with Crippen molar-refractivity contribution in [2.45, 2.75) is 64.3 Å². The largest absolute Gasteiger partial charge is 0.319 e. The molecule has 3 nitrogen and oxygen atoms in total. The molecule has 1 N–H and O–H groups in total. The summed E-state index contributed by atoms with van der Waals surface area (Å²) < 4.78 is 2.25. The Kier molecular flexibility index (Phi) is 4.99. The van der Waals surface area contributed by atoms with Crippen molar-refractivity contribution in [2.75, 3.05) is 13.6 Å². The molecular formula is C18H31N3. The lowest BCUT2D eigenvalue weighted by Gasteiger charge is -2.34. The first-order valence-electron chi connectivity index (χ1n) is 8.95. The van der Waals surface area contributed by atoms with Gasteiger partial charge in [-0.2, -0.15) is 5.10 Å². The maximum Gasteiger partial charge on any atom is 0.0627 e. The third-order valence-corrected chi connectivity index (χ3v) is 5.70. The quantitative estimate of drug-likeness (QED) is 0.893. The van der Waals surface area contributed by atoms with Gasteiger partial charge in [0, 0.05) is 6.20 Å². The second kappa shape index (κ2) is 6.95.